The largest absolute Gasteiger partial charge is 0.271 e. The quantitative estimate of drug-likeness (QED) is 0.536. The van der Waals surface area contributed by atoms with Gasteiger partial charge in [-0.3, -0.25) is 9.10 Å². The number of nitrogens with one attached hydrogen (secondary N) is 1. The molecule has 144 valence electrons. The molecule has 0 aliphatic carbocycles. The minimum absolute atomic E-state index is 0.0103. The molecular formula is C16H13Cl3FN3O3S. The van der Waals surface area contributed by atoms with Crippen molar-refractivity contribution in [3.05, 3.63) is 62.8 Å². The summed E-state index contributed by atoms with van der Waals surface area (Å²) in [6.45, 7) is -0.570. The second-order valence-corrected chi connectivity index (χ2v) is 8.42. The Balaban J connectivity index is 2.15. The zero-order valence-electron chi connectivity index (χ0n) is 13.8. The maximum Gasteiger partial charge on any atom is 0.260 e. The van der Waals surface area contributed by atoms with E-state index in [1.54, 1.807) is 0 Å². The maximum absolute atomic E-state index is 13.6. The number of carbonyl (C=O) groups is 1. The molecule has 0 aromatic heterocycles. The number of amides is 1. The van der Waals surface area contributed by atoms with Crippen molar-refractivity contribution >= 4 is 62.6 Å². The van der Waals surface area contributed by atoms with Gasteiger partial charge in [0.15, 0.2) is 0 Å². The predicted octanol–water partition coefficient (Wildman–Crippen LogP) is 3.70. The van der Waals surface area contributed by atoms with E-state index in [1.807, 2.05) is 0 Å². The van der Waals surface area contributed by atoms with Gasteiger partial charge in [0.1, 0.15) is 12.4 Å². The van der Waals surface area contributed by atoms with Crippen LogP contribution in [0.2, 0.25) is 15.1 Å². The SMILES string of the molecule is CS(=O)(=O)N(CC(=O)N/N=C\c1c(F)cccc1Cl)c1ccc(Cl)c(Cl)c1. The summed E-state index contributed by atoms with van der Waals surface area (Å²) in [4.78, 5) is 12.1. The van der Waals surface area contributed by atoms with Crippen LogP contribution >= 0.6 is 34.8 Å². The van der Waals surface area contributed by atoms with Crippen molar-refractivity contribution in [3.8, 4) is 0 Å². The third-order valence-electron chi connectivity index (χ3n) is 3.26. The number of halogens is 4. The number of benzene rings is 2. The van der Waals surface area contributed by atoms with Gasteiger partial charge < -0.3 is 0 Å². The monoisotopic (exact) mass is 451 g/mol. The molecule has 0 saturated heterocycles. The molecule has 2 aromatic carbocycles. The summed E-state index contributed by atoms with van der Waals surface area (Å²) in [5, 5.41) is 4.09. The van der Waals surface area contributed by atoms with Crippen molar-refractivity contribution < 1.29 is 17.6 Å². The molecule has 0 unspecified atom stereocenters. The zero-order chi connectivity index (χ0) is 20.2. The molecule has 0 aliphatic heterocycles. The first-order valence-corrected chi connectivity index (χ1v) is 10.3. The Kier molecular flexibility index (Phi) is 7.05. The van der Waals surface area contributed by atoms with E-state index in [4.69, 9.17) is 34.8 Å². The average Bonchev–Trinajstić information content (AvgIpc) is 2.57. The van der Waals surface area contributed by atoms with Crippen molar-refractivity contribution in [1.29, 1.82) is 0 Å². The van der Waals surface area contributed by atoms with E-state index >= 15 is 0 Å². The third-order valence-corrected chi connectivity index (χ3v) is 5.47. The Bertz CT molecular complexity index is 979. The number of anilines is 1. The number of nitrogens with zero attached hydrogens (tertiary/aromatic N) is 2. The molecular weight excluding hydrogens is 440 g/mol. The molecule has 0 saturated carbocycles. The van der Waals surface area contributed by atoms with Crippen LogP contribution in [0.15, 0.2) is 41.5 Å². The van der Waals surface area contributed by atoms with Crippen molar-refractivity contribution in [2.45, 2.75) is 0 Å². The second-order valence-electron chi connectivity index (χ2n) is 5.30. The lowest BCUT2D eigenvalue weighted by Gasteiger charge is -2.21. The lowest BCUT2D eigenvalue weighted by atomic mass is 10.2. The highest BCUT2D eigenvalue weighted by molar-refractivity contribution is 7.92. The molecule has 27 heavy (non-hydrogen) atoms. The number of hydrogen-bond acceptors (Lipinski definition) is 4. The van der Waals surface area contributed by atoms with Crippen LogP contribution in [-0.2, 0) is 14.8 Å². The van der Waals surface area contributed by atoms with Crippen LogP contribution in [0.1, 0.15) is 5.56 Å². The number of sulfonamides is 1. The number of hydrazone groups is 1. The summed E-state index contributed by atoms with van der Waals surface area (Å²) in [5.41, 5.74) is 2.27. The van der Waals surface area contributed by atoms with E-state index in [1.165, 1.54) is 36.4 Å². The van der Waals surface area contributed by atoms with E-state index in [0.29, 0.717) is 0 Å². The summed E-state index contributed by atoms with van der Waals surface area (Å²) >= 11 is 17.6. The Morgan fingerprint density at radius 2 is 1.89 bits per heavy atom. The summed E-state index contributed by atoms with van der Waals surface area (Å²) in [6, 6.07) is 8.21. The molecule has 0 spiro atoms. The highest BCUT2D eigenvalue weighted by Crippen LogP contribution is 2.28. The first kappa shape index (κ1) is 21.4. The molecule has 11 heteroatoms. The van der Waals surface area contributed by atoms with Crippen molar-refractivity contribution in [2.75, 3.05) is 17.1 Å². The van der Waals surface area contributed by atoms with Crippen LogP contribution in [-0.4, -0.2) is 33.3 Å². The fraction of sp³-hybridized carbons (Fsp3) is 0.125. The highest BCUT2D eigenvalue weighted by Gasteiger charge is 2.21. The van der Waals surface area contributed by atoms with Crippen LogP contribution in [0.5, 0.6) is 0 Å². The van der Waals surface area contributed by atoms with Gasteiger partial charge in [0.2, 0.25) is 10.0 Å². The fourth-order valence-corrected chi connectivity index (χ4v) is 3.36. The van der Waals surface area contributed by atoms with Gasteiger partial charge in [0, 0.05) is 5.56 Å². The van der Waals surface area contributed by atoms with Gasteiger partial charge in [-0.1, -0.05) is 40.9 Å². The minimum Gasteiger partial charge on any atom is -0.271 e. The fourth-order valence-electron chi connectivity index (χ4n) is 2.01. The normalized spacial score (nSPS) is 11.6. The van der Waals surface area contributed by atoms with Crippen LogP contribution in [0, 0.1) is 5.82 Å². The van der Waals surface area contributed by atoms with Crippen molar-refractivity contribution in [1.82, 2.24) is 5.43 Å². The van der Waals surface area contributed by atoms with Crippen molar-refractivity contribution in [3.63, 3.8) is 0 Å². The smallest absolute Gasteiger partial charge is 0.260 e. The standard InChI is InChI=1S/C16H13Cl3FN3O3S/c1-27(25,26)23(10-5-6-13(18)14(19)7-10)9-16(24)22-21-8-11-12(17)3-2-4-15(11)20/h2-8H,9H2,1H3,(H,22,24)/b21-8-. The molecule has 1 N–H and O–H groups in total. The topological polar surface area (TPSA) is 78.8 Å². The lowest BCUT2D eigenvalue weighted by Crippen LogP contribution is -2.39. The summed E-state index contributed by atoms with van der Waals surface area (Å²) in [7, 11) is -3.80. The van der Waals surface area contributed by atoms with E-state index in [2.05, 4.69) is 10.5 Å². The van der Waals surface area contributed by atoms with Crippen LogP contribution in [0.4, 0.5) is 10.1 Å². The predicted molar refractivity (Wildman–Crippen MR) is 106 cm³/mol. The van der Waals surface area contributed by atoms with Gasteiger partial charge in [0.05, 0.1) is 33.2 Å². The summed E-state index contributed by atoms with van der Waals surface area (Å²) < 4.78 is 38.5. The molecule has 0 heterocycles. The summed E-state index contributed by atoms with van der Waals surface area (Å²) in [5.74, 6) is -1.37. The van der Waals surface area contributed by atoms with Gasteiger partial charge in [0.25, 0.3) is 5.91 Å². The Labute approximate surface area is 170 Å². The van der Waals surface area contributed by atoms with E-state index < -0.39 is 28.3 Å². The first-order valence-electron chi connectivity index (χ1n) is 7.28. The maximum atomic E-state index is 13.6. The average molecular weight is 453 g/mol. The molecule has 2 aromatic rings. The van der Waals surface area contributed by atoms with Crippen LogP contribution < -0.4 is 9.73 Å². The summed E-state index contributed by atoms with van der Waals surface area (Å²) in [6.07, 6.45) is 1.96. The van der Waals surface area contributed by atoms with Gasteiger partial charge >= 0.3 is 0 Å². The molecule has 0 bridgehead atoms. The lowest BCUT2D eigenvalue weighted by molar-refractivity contribution is -0.119. The molecule has 0 fully saturated rings. The van der Waals surface area contributed by atoms with Crippen LogP contribution in [0.3, 0.4) is 0 Å². The molecule has 6 nitrogen and oxygen atoms in total. The molecule has 0 atom stereocenters. The van der Waals surface area contributed by atoms with Gasteiger partial charge in [-0.2, -0.15) is 5.10 Å². The van der Waals surface area contributed by atoms with Gasteiger partial charge in [-0.25, -0.2) is 18.2 Å². The third kappa shape index (κ3) is 5.80. The molecule has 2 rings (SSSR count). The van der Waals surface area contributed by atoms with E-state index in [-0.39, 0.29) is 26.3 Å². The van der Waals surface area contributed by atoms with E-state index in [0.717, 1.165) is 16.8 Å². The van der Waals surface area contributed by atoms with Gasteiger partial charge in [-0.15, -0.1) is 0 Å². The zero-order valence-corrected chi connectivity index (χ0v) is 16.9. The first-order chi connectivity index (χ1) is 12.6. The highest BCUT2D eigenvalue weighted by atomic mass is 35.5. The molecule has 0 radical (unpaired) electrons. The van der Waals surface area contributed by atoms with Crippen molar-refractivity contribution in [2.24, 2.45) is 5.10 Å². The van der Waals surface area contributed by atoms with Crippen LogP contribution in [0.25, 0.3) is 0 Å². The Morgan fingerprint density at radius 1 is 1.19 bits per heavy atom. The minimum atomic E-state index is -3.80. The Morgan fingerprint density at radius 3 is 2.48 bits per heavy atom. The number of hydrogen-bond donors (Lipinski definition) is 1. The van der Waals surface area contributed by atoms with E-state index in [9.17, 15) is 17.6 Å². The Hall–Kier alpha value is -1.87. The van der Waals surface area contributed by atoms with Gasteiger partial charge in [-0.05, 0) is 30.3 Å². The molecule has 0 aliphatic rings. The molecule has 1 amide bonds. The second kappa shape index (κ2) is 8.88. The number of carbonyl (C=O) groups excluding carboxylic acids is 1. The number of rotatable bonds is 6.